The van der Waals surface area contributed by atoms with E-state index in [9.17, 15) is 14.4 Å². The summed E-state index contributed by atoms with van der Waals surface area (Å²) in [6.45, 7) is 6.62. The van der Waals surface area contributed by atoms with Gasteiger partial charge in [0.25, 0.3) is 0 Å². The number of ether oxygens (including phenoxy) is 3. The van der Waals surface area contributed by atoms with Gasteiger partial charge in [0.15, 0.2) is 6.10 Å². The maximum atomic E-state index is 12.7. The molecule has 60 heavy (non-hydrogen) atoms. The van der Waals surface area contributed by atoms with Crippen LogP contribution in [0.1, 0.15) is 297 Å². The van der Waals surface area contributed by atoms with Gasteiger partial charge in [-0.1, -0.05) is 245 Å². The molecule has 0 fully saturated rings. The van der Waals surface area contributed by atoms with Gasteiger partial charge in [0.1, 0.15) is 13.2 Å². The number of rotatable bonds is 49. The van der Waals surface area contributed by atoms with Crippen molar-refractivity contribution < 1.29 is 28.6 Å². The second-order valence-corrected chi connectivity index (χ2v) is 18.2. The van der Waals surface area contributed by atoms with Crippen molar-refractivity contribution in [2.75, 3.05) is 13.2 Å². The molecule has 0 aliphatic rings. The molecule has 0 aliphatic carbocycles. The van der Waals surface area contributed by atoms with Crippen molar-refractivity contribution in [2.45, 2.75) is 303 Å². The highest BCUT2D eigenvalue weighted by Crippen LogP contribution is 2.16. The average molecular weight is 847 g/mol. The molecule has 354 valence electrons. The zero-order chi connectivity index (χ0) is 43.7. The number of carbonyl (C=O) groups is 3. The predicted molar refractivity (Wildman–Crippen MR) is 256 cm³/mol. The number of carbonyl (C=O) groups excluding carboxylic acids is 3. The lowest BCUT2D eigenvalue weighted by molar-refractivity contribution is -0.167. The van der Waals surface area contributed by atoms with Crippen LogP contribution in [0, 0.1) is 0 Å². The predicted octanol–water partition coefficient (Wildman–Crippen LogP) is 17.4. The summed E-state index contributed by atoms with van der Waals surface area (Å²) in [5.41, 5.74) is 0. The minimum absolute atomic E-state index is 0.0657. The van der Waals surface area contributed by atoms with Gasteiger partial charge in [-0.15, -0.1) is 0 Å². The van der Waals surface area contributed by atoms with Gasteiger partial charge >= 0.3 is 17.9 Å². The van der Waals surface area contributed by atoms with Crippen LogP contribution >= 0.6 is 0 Å². The Morgan fingerprint density at radius 2 is 0.550 bits per heavy atom. The molecule has 0 N–H and O–H groups in total. The summed E-state index contributed by atoms with van der Waals surface area (Å²) in [7, 11) is 0. The average Bonchev–Trinajstić information content (AvgIpc) is 3.24. The zero-order valence-corrected chi connectivity index (χ0v) is 40.5. The Kier molecular flexibility index (Phi) is 48.3. The van der Waals surface area contributed by atoms with Crippen LogP contribution in [0.25, 0.3) is 0 Å². The van der Waals surface area contributed by atoms with Crippen LogP contribution in [0.3, 0.4) is 0 Å². The van der Waals surface area contributed by atoms with Crippen molar-refractivity contribution in [2.24, 2.45) is 0 Å². The third-order valence-electron chi connectivity index (χ3n) is 12.0. The number of allylic oxidation sites excluding steroid dienone is 2. The fourth-order valence-corrected chi connectivity index (χ4v) is 7.97. The Bertz CT molecular complexity index is 931. The Morgan fingerprint density at radius 3 is 0.833 bits per heavy atom. The normalized spacial score (nSPS) is 12.0. The van der Waals surface area contributed by atoms with Crippen LogP contribution in [-0.2, 0) is 28.6 Å². The van der Waals surface area contributed by atoms with Crippen LogP contribution in [0.4, 0.5) is 0 Å². The van der Waals surface area contributed by atoms with E-state index in [-0.39, 0.29) is 31.1 Å². The van der Waals surface area contributed by atoms with Crippen LogP contribution < -0.4 is 0 Å². The summed E-state index contributed by atoms with van der Waals surface area (Å²) >= 11 is 0. The van der Waals surface area contributed by atoms with Crippen molar-refractivity contribution in [3.8, 4) is 0 Å². The van der Waals surface area contributed by atoms with E-state index in [1.807, 2.05) is 0 Å². The quantitative estimate of drug-likeness (QED) is 0.0263. The topological polar surface area (TPSA) is 78.9 Å². The summed E-state index contributed by atoms with van der Waals surface area (Å²) in [5, 5.41) is 0. The highest BCUT2D eigenvalue weighted by molar-refractivity contribution is 5.71. The van der Waals surface area contributed by atoms with Crippen LogP contribution in [0.5, 0.6) is 0 Å². The molecule has 6 nitrogen and oxygen atoms in total. The zero-order valence-electron chi connectivity index (χ0n) is 40.5. The van der Waals surface area contributed by atoms with E-state index in [0.717, 1.165) is 57.8 Å². The Hall–Kier alpha value is -1.85. The van der Waals surface area contributed by atoms with Crippen LogP contribution in [-0.4, -0.2) is 37.2 Å². The smallest absolute Gasteiger partial charge is 0.306 e. The first kappa shape index (κ1) is 58.1. The lowest BCUT2D eigenvalue weighted by atomic mass is 10.0. The molecule has 0 saturated heterocycles. The number of hydrogen-bond donors (Lipinski definition) is 0. The molecule has 6 heteroatoms. The number of hydrogen-bond acceptors (Lipinski definition) is 6. The van der Waals surface area contributed by atoms with Gasteiger partial charge in [-0.05, 0) is 44.9 Å². The van der Waals surface area contributed by atoms with Gasteiger partial charge in [-0.3, -0.25) is 14.4 Å². The monoisotopic (exact) mass is 847 g/mol. The van der Waals surface area contributed by atoms with E-state index < -0.39 is 6.10 Å². The second-order valence-electron chi connectivity index (χ2n) is 18.2. The third kappa shape index (κ3) is 47.2. The third-order valence-corrected chi connectivity index (χ3v) is 12.0. The van der Waals surface area contributed by atoms with E-state index in [1.54, 1.807) is 0 Å². The van der Waals surface area contributed by atoms with Crippen LogP contribution in [0.2, 0.25) is 0 Å². The summed E-state index contributed by atoms with van der Waals surface area (Å²) in [4.78, 5) is 37.8. The van der Waals surface area contributed by atoms with Gasteiger partial charge in [0, 0.05) is 19.3 Å². The molecule has 0 aromatic rings. The molecule has 0 aliphatic heterocycles. The molecule has 0 aromatic heterocycles. The minimum atomic E-state index is -0.761. The lowest BCUT2D eigenvalue weighted by Crippen LogP contribution is -2.30. The second kappa shape index (κ2) is 49.8. The molecule has 0 aromatic carbocycles. The van der Waals surface area contributed by atoms with E-state index in [2.05, 4.69) is 32.9 Å². The highest BCUT2D eigenvalue weighted by atomic mass is 16.6. The largest absolute Gasteiger partial charge is 0.462 e. The SMILES string of the molecule is CCCCCCCCCC/C=C\CCCCCCCCCCCCCC(=O)OCC(COC(=O)CCCCCCCCC)OC(=O)CCCCCCCCCCCCCC. The molecule has 0 amide bonds. The fraction of sp³-hybridized carbons (Fsp3) is 0.907. The Labute approximate surface area is 373 Å². The maximum absolute atomic E-state index is 12.7. The molecule has 0 saturated carbocycles. The van der Waals surface area contributed by atoms with E-state index in [4.69, 9.17) is 14.2 Å². The van der Waals surface area contributed by atoms with Gasteiger partial charge in [-0.2, -0.15) is 0 Å². The molecule has 0 radical (unpaired) electrons. The van der Waals surface area contributed by atoms with Crippen molar-refractivity contribution >= 4 is 17.9 Å². The van der Waals surface area contributed by atoms with Gasteiger partial charge in [-0.25, -0.2) is 0 Å². The van der Waals surface area contributed by atoms with Crippen molar-refractivity contribution in [3.05, 3.63) is 12.2 Å². The molecular formula is C54H102O6. The molecular weight excluding hydrogens is 745 g/mol. The van der Waals surface area contributed by atoms with E-state index in [1.165, 1.54) is 199 Å². The molecule has 1 unspecified atom stereocenters. The summed E-state index contributed by atoms with van der Waals surface area (Å²) in [6.07, 6.45) is 55.1. The first-order valence-electron chi connectivity index (χ1n) is 26.7. The first-order valence-corrected chi connectivity index (χ1v) is 26.7. The first-order chi connectivity index (χ1) is 29.5. The summed E-state index contributed by atoms with van der Waals surface area (Å²) in [5.74, 6) is -0.858. The molecule has 0 heterocycles. The Balaban J connectivity index is 4.10. The molecule has 0 bridgehead atoms. The molecule has 1 atom stereocenters. The van der Waals surface area contributed by atoms with Gasteiger partial charge in [0.05, 0.1) is 0 Å². The van der Waals surface area contributed by atoms with Crippen molar-refractivity contribution in [3.63, 3.8) is 0 Å². The van der Waals surface area contributed by atoms with Crippen molar-refractivity contribution in [1.82, 2.24) is 0 Å². The van der Waals surface area contributed by atoms with Crippen LogP contribution in [0.15, 0.2) is 12.2 Å². The highest BCUT2D eigenvalue weighted by Gasteiger charge is 2.19. The maximum Gasteiger partial charge on any atom is 0.306 e. The fourth-order valence-electron chi connectivity index (χ4n) is 7.97. The van der Waals surface area contributed by atoms with Gasteiger partial charge < -0.3 is 14.2 Å². The van der Waals surface area contributed by atoms with E-state index >= 15 is 0 Å². The number of esters is 3. The minimum Gasteiger partial charge on any atom is -0.462 e. The van der Waals surface area contributed by atoms with E-state index in [0.29, 0.717) is 19.3 Å². The summed E-state index contributed by atoms with van der Waals surface area (Å²) in [6, 6.07) is 0. The lowest BCUT2D eigenvalue weighted by Gasteiger charge is -2.18. The Morgan fingerprint density at radius 1 is 0.317 bits per heavy atom. The van der Waals surface area contributed by atoms with Gasteiger partial charge in [0.2, 0.25) is 0 Å². The summed E-state index contributed by atoms with van der Waals surface area (Å²) < 4.78 is 16.7. The number of unbranched alkanes of at least 4 members (excludes halogenated alkanes) is 36. The standard InChI is InChI=1S/C54H102O6/c1-4-7-10-13-16-18-20-22-23-24-25-26-27-28-29-30-31-32-34-35-38-41-44-47-53(56)59-50-51(49-58-52(55)46-43-40-37-15-12-9-6-3)60-54(57)48-45-42-39-36-33-21-19-17-14-11-8-5-2/h24-25,51H,4-23,26-50H2,1-3H3/b25-24-. The molecule has 0 rings (SSSR count). The van der Waals surface area contributed by atoms with Crippen molar-refractivity contribution in [1.29, 1.82) is 0 Å². The molecule has 0 spiro atoms.